The Hall–Kier alpha value is -4.69. The summed E-state index contributed by atoms with van der Waals surface area (Å²) in [5.41, 5.74) is 5.52. The third-order valence-corrected chi connectivity index (χ3v) is 7.24. The average Bonchev–Trinajstić information content (AvgIpc) is 2.98. The molecule has 1 aliphatic heterocycles. The number of nitrogens with one attached hydrogen (secondary N) is 2. The standard InChI is InChI=1S/C31H28N6O2/c38-30(36-28-19-32-14-15-33-28)24-11-16-37(17-12-24)20-21-6-8-23(9-7-21)29-25(22-4-2-1-3-5-22)18-26-27(35-29)10-13-34-31(26)39/h1-10,13-15,18-19,24H,11-12,16-17,20H2,(H,34,39)(H,33,36,38). The van der Waals surface area contributed by atoms with Gasteiger partial charge < -0.3 is 10.3 Å². The minimum Gasteiger partial charge on any atom is -0.328 e. The van der Waals surface area contributed by atoms with Crippen molar-refractivity contribution in [1.82, 2.24) is 24.8 Å². The number of benzene rings is 2. The Kier molecular flexibility index (Phi) is 6.93. The van der Waals surface area contributed by atoms with Crippen LogP contribution in [0, 0.1) is 5.92 Å². The Balaban J connectivity index is 1.16. The number of carbonyl (C=O) groups is 1. The highest BCUT2D eigenvalue weighted by molar-refractivity contribution is 5.92. The summed E-state index contributed by atoms with van der Waals surface area (Å²) in [5, 5.41) is 3.45. The largest absolute Gasteiger partial charge is 0.328 e. The van der Waals surface area contributed by atoms with Gasteiger partial charge in [-0.2, -0.15) is 0 Å². The highest BCUT2D eigenvalue weighted by Gasteiger charge is 2.25. The van der Waals surface area contributed by atoms with Gasteiger partial charge in [0.25, 0.3) is 5.56 Å². The molecule has 0 aliphatic carbocycles. The van der Waals surface area contributed by atoms with Crippen LogP contribution < -0.4 is 10.9 Å². The molecule has 0 radical (unpaired) electrons. The fourth-order valence-corrected chi connectivity index (χ4v) is 5.14. The smallest absolute Gasteiger partial charge is 0.257 e. The Labute approximate surface area is 225 Å². The minimum atomic E-state index is -0.144. The van der Waals surface area contributed by atoms with Gasteiger partial charge in [-0.25, -0.2) is 9.97 Å². The van der Waals surface area contributed by atoms with Gasteiger partial charge in [0.2, 0.25) is 5.91 Å². The molecule has 0 bridgehead atoms. The van der Waals surface area contributed by atoms with E-state index in [0.29, 0.717) is 16.7 Å². The Morgan fingerprint density at radius 2 is 1.77 bits per heavy atom. The van der Waals surface area contributed by atoms with Gasteiger partial charge >= 0.3 is 0 Å². The van der Waals surface area contributed by atoms with Gasteiger partial charge in [-0.1, -0.05) is 54.6 Å². The van der Waals surface area contributed by atoms with Gasteiger partial charge in [-0.15, -0.1) is 0 Å². The molecule has 3 aromatic heterocycles. The number of H-pyrrole nitrogens is 1. The highest BCUT2D eigenvalue weighted by atomic mass is 16.2. The first-order valence-electron chi connectivity index (χ1n) is 13.1. The number of pyridine rings is 2. The maximum Gasteiger partial charge on any atom is 0.257 e. The van der Waals surface area contributed by atoms with Crippen molar-refractivity contribution in [2.75, 3.05) is 18.4 Å². The van der Waals surface area contributed by atoms with Crippen molar-refractivity contribution < 1.29 is 4.79 Å². The summed E-state index contributed by atoms with van der Waals surface area (Å²) < 4.78 is 0. The molecule has 194 valence electrons. The van der Waals surface area contributed by atoms with E-state index in [0.717, 1.165) is 54.9 Å². The van der Waals surface area contributed by atoms with Crippen LogP contribution >= 0.6 is 0 Å². The second-order valence-electron chi connectivity index (χ2n) is 9.82. The topological polar surface area (TPSA) is 104 Å². The Morgan fingerprint density at radius 3 is 2.51 bits per heavy atom. The van der Waals surface area contributed by atoms with Crippen molar-refractivity contribution in [3.63, 3.8) is 0 Å². The number of amides is 1. The lowest BCUT2D eigenvalue weighted by Gasteiger charge is -2.31. The fourth-order valence-electron chi connectivity index (χ4n) is 5.14. The van der Waals surface area contributed by atoms with E-state index in [2.05, 4.69) is 49.4 Å². The maximum absolute atomic E-state index is 12.6. The van der Waals surface area contributed by atoms with E-state index < -0.39 is 0 Å². The molecule has 8 heteroatoms. The van der Waals surface area contributed by atoms with Crippen LogP contribution in [0.3, 0.4) is 0 Å². The number of rotatable bonds is 6. The van der Waals surface area contributed by atoms with Crippen LogP contribution in [0.15, 0.2) is 96.3 Å². The summed E-state index contributed by atoms with van der Waals surface area (Å²) in [6.07, 6.45) is 7.98. The Morgan fingerprint density at radius 1 is 0.974 bits per heavy atom. The van der Waals surface area contributed by atoms with E-state index in [-0.39, 0.29) is 17.4 Å². The number of hydrogen-bond donors (Lipinski definition) is 2. The first kappa shape index (κ1) is 24.6. The average molecular weight is 517 g/mol. The fraction of sp³-hybridized carbons (Fsp3) is 0.194. The SMILES string of the molecule is O=C(Nc1cnccn1)C1CCN(Cc2ccc(-c3nc4cc[nH]c(=O)c4cc3-c3ccccc3)cc2)CC1. The number of aromatic amines is 1. The summed E-state index contributed by atoms with van der Waals surface area (Å²) in [4.78, 5) is 43.2. The lowest BCUT2D eigenvalue weighted by Crippen LogP contribution is -2.37. The summed E-state index contributed by atoms with van der Waals surface area (Å²) in [6.45, 7) is 2.54. The molecule has 0 spiro atoms. The Bertz CT molecular complexity index is 1640. The van der Waals surface area contributed by atoms with Crippen molar-refractivity contribution >= 4 is 22.6 Å². The quantitative estimate of drug-likeness (QED) is 0.333. The van der Waals surface area contributed by atoms with Crippen molar-refractivity contribution in [3.05, 3.63) is 107 Å². The van der Waals surface area contributed by atoms with E-state index >= 15 is 0 Å². The summed E-state index contributed by atoms with van der Waals surface area (Å²) in [7, 11) is 0. The number of hydrogen-bond acceptors (Lipinski definition) is 6. The van der Waals surface area contributed by atoms with Gasteiger partial charge in [-0.3, -0.25) is 19.5 Å². The van der Waals surface area contributed by atoms with Crippen molar-refractivity contribution in [3.8, 4) is 22.4 Å². The zero-order chi connectivity index (χ0) is 26.6. The zero-order valence-corrected chi connectivity index (χ0v) is 21.4. The normalized spacial score (nSPS) is 14.4. The molecule has 1 fully saturated rings. The molecular formula is C31H28N6O2. The second kappa shape index (κ2) is 11.0. The molecule has 4 heterocycles. The molecule has 0 atom stereocenters. The van der Waals surface area contributed by atoms with Crippen LogP contribution in [0.1, 0.15) is 18.4 Å². The number of aromatic nitrogens is 4. The monoisotopic (exact) mass is 516 g/mol. The first-order chi connectivity index (χ1) is 19.1. The lowest BCUT2D eigenvalue weighted by atomic mass is 9.95. The number of piperidine rings is 1. The van der Waals surface area contributed by atoms with E-state index in [9.17, 15) is 9.59 Å². The minimum absolute atomic E-state index is 0.0126. The molecule has 2 N–H and O–H groups in total. The van der Waals surface area contributed by atoms with Gasteiger partial charge in [0.05, 0.1) is 22.8 Å². The van der Waals surface area contributed by atoms with E-state index in [1.165, 1.54) is 5.56 Å². The van der Waals surface area contributed by atoms with E-state index in [4.69, 9.17) is 4.98 Å². The highest BCUT2D eigenvalue weighted by Crippen LogP contribution is 2.33. The van der Waals surface area contributed by atoms with Crippen molar-refractivity contribution in [2.24, 2.45) is 5.92 Å². The maximum atomic E-state index is 12.6. The van der Waals surface area contributed by atoms with Crippen LogP contribution in [0.4, 0.5) is 5.82 Å². The van der Waals surface area contributed by atoms with Crippen LogP contribution in [-0.2, 0) is 11.3 Å². The number of fused-ring (bicyclic) bond motifs is 1. The van der Waals surface area contributed by atoms with E-state index in [1.54, 1.807) is 24.8 Å². The third kappa shape index (κ3) is 5.46. The van der Waals surface area contributed by atoms with Gasteiger partial charge in [0.1, 0.15) is 0 Å². The first-order valence-corrected chi connectivity index (χ1v) is 13.1. The summed E-state index contributed by atoms with van der Waals surface area (Å²) >= 11 is 0. The molecule has 0 unspecified atom stereocenters. The lowest BCUT2D eigenvalue weighted by molar-refractivity contribution is -0.121. The number of anilines is 1. The zero-order valence-electron chi connectivity index (χ0n) is 21.4. The molecule has 1 saturated heterocycles. The van der Waals surface area contributed by atoms with Crippen LogP contribution in [0.5, 0.6) is 0 Å². The van der Waals surface area contributed by atoms with Gasteiger partial charge in [0.15, 0.2) is 5.82 Å². The number of nitrogens with zero attached hydrogens (tertiary/aromatic N) is 4. The summed E-state index contributed by atoms with van der Waals surface area (Å²) in [6, 6.07) is 22.3. The molecule has 1 amide bonds. The van der Waals surface area contributed by atoms with Gasteiger partial charge in [-0.05, 0) is 49.2 Å². The summed E-state index contributed by atoms with van der Waals surface area (Å²) in [5.74, 6) is 0.486. The van der Waals surface area contributed by atoms with Gasteiger partial charge in [0, 0.05) is 42.2 Å². The molecule has 39 heavy (non-hydrogen) atoms. The molecule has 5 aromatic rings. The van der Waals surface area contributed by atoms with Crippen molar-refractivity contribution in [1.29, 1.82) is 0 Å². The molecule has 6 rings (SSSR count). The molecular weight excluding hydrogens is 488 g/mol. The molecule has 2 aromatic carbocycles. The van der Waals surface area contributed by atoms with Crippen molar-refractivity contribution in [2.45, 2.75) is 19.4 Å². The number of likely N-dealkylation sites (tertiary alicyclic amines) is 1. The third-order valence-electron chi connectivity index (χ3n) is 7.24. The predicted molar refractivity (Wildman–Crippen MR) is 152 cm³/mol. The number of carbonyl (C=O) groups excluding carboxylic acids is 1. The molecule has 1 aliphatic rings. The second-order valence-corrected chi connectivity index (χ2v) is 9.82. The molecule has 0 saturated carbocycles. The van der Waals surface area contributed by atoms with Crippen LogP contribution in [0.25, 0.3) is 33.3 Å². The van der Waals surface area contributed by atoms with Crippen LogP contribution in [-0.4, -0.2) is 43.8 Å². The van der Waals surface area contributed by atoms with E-state index in [1.807, 2.05) is 42.5 Å². The molecule has 8 nitrogen and oxygen atoms in total. The predicted octanol–water partition coefficient (Wildman–Crippen LogP) is 4.90. The van der Waals surface area contributed by atoms with Crippen LogP contribution in [0.2, 0.25) is 0 Å².